The van der Waals surface area contributed by atoms with Gasteiger partial charge in [-0.3, -0.25) is 0 Å². The van der Waals surface area contributed by atoms with Gasteiger partial charge in [0, 0.05) is 37.9 Å². The molecular weight excluding hydrogens is 286 g/mol. The summed E-state index contributed by atoms with van der Waals surface area (Å²) in [6, 6.07) is 20.6. The Hall–Kier alpha value is -2.49. The number of hydrogen-bond donors (Lipinski definition) is 1. The van der Waals surface area contributed by atoms with Crippen LogP contribution in [-0.4, -0.2) is 36.6 Å². The predicted octanol–water partition coefficient (Wildman–Crippen LogP) is 3.11. The third kappa shape index (κ3) is 3.83. The number of hydrogen-bond acceptors (Lipinski definition) is 2. The zero-order valence-corrected chi connectivity index (χ0v) is 13.5. The highest BCUT2D eigenvalue weighted by atomic mass is 16.2. The molecule has 1 fully saturated rings. The van der Waals surface area contributed by atoms with Crippen LogP contribution < -0.4 is 10.2 Å². The van der Waals surface area contributed by atoms with Crippen LogP contribution in [0.5, 0.6) is 0 Å². The smallest absolute Gasteiger partial charge is 0.318 e. The van der Waals surface area contributed by atoms with E-state index in [1.807, 2.05) is 41.3 Å². The number of carbonyl (C=O) groups is 1. The Kier molecular flexibility index (Phi) is 4.81. The lowest BCUT2D eigenvalue weighted by Crippen LogP contribution is -2.56. The number of benzene rings is 2. The molecule has 0 spiro atoms. The van der Waals surface area contributed by atoms with Crippen LogP contribution in [-0.2, 0) is 6.54 Å². The minimum Gasteiger partial charge on any atom is -0.368 e. The summed E-state index contributed by atoms with van der Waals surface area (Å²) < 4.78 is 0. The number of rotatable bonds is 3. The van der Waals surface area contributed by atoms with Crippen LogP contribution in [0.1, 0.15) is 12.5 Å². The first kappa shape index (κ1) is 15.4. The van der Waals surface area contributed by atoms with E-state index in [0.717, 1.165) is 25.2 Å². The lowest BCUT2D eigenvalue weighted by Gasteiger charge is -2.40. The highest BCUT2D eigenvalue weighted by Gasteiger charge is 2.27. The zero-order chi connectivity index (χ0) is 16.1. The Labute approximate surface area is 137 Å². The molecule has 1 aliphatic rings. The molecule has 0 aliphatic carbocycles. The van der Waals surface area contributed by atoms with Gasteiger partial charge in [-0.25, -0.2) is 4.79 Å². The molecule has 0 bridgehead atoms. The van der Waals surface area contributed by atoms with Crippen LogP contribution in [0.2, 0.25) is 0 Å². The minimum absolute atomic E-state index is 0.0223. The van der Waals surface area contributed by atoms with Crippen molar-refractivity contribution in [2.24, 2.45) is 0 Å². The average molecular weight is 309 g/mol. The van der Waals surface area contributed by atoms with Gasteiger partial charge in [-0.05, 0) is 24.6 Å². The monoisotopic (exact) mass is 309 g/mol. The normalized spacial score (nSPS) is 17.9. The molecule has 120 valence electrons. The van der Waals surface area contributed by atoms with E-state index in [0.29, 0.717) is 6.54 Å². The van der Waals surface area contributed by atoms with Gasteiger partial charge in [0.15, 0.2) is 0 Å². The fourth-order valence-electron chi connectivity index (χ4n) is 3.01. The summed E-state index contributed by atoms with van der Waals surface area (Å²) in [4.78, 5) is 16.7. The second kappa shape index (κ2) is 7.18. The largest absolute Gasteiger partial charge is 0.368 e. The van der Waals surface area contributed by atoms with E-state index in [1.54, 1.807) is 0 Å². The van der Waals surface area contributed by atoms with E-state index in [2.05, 4.69) is 41.4 Å². The van der Waals surface area contributed by atoms with Gasteiger partial charge in [0.2, 0.25) is 0 Å². The molecule has 4 heteroatoms. The summed E-state index contributed by atoms with van der Waals surface area (Å²) in [7, 11) is 0. The van der Waals surface area contributed by atoms with Gasteiger partial charge >= 0.3 is 6.03 Å². The molecule has 1 N–H and O–H groups in total. The highest BCUT2D eigenvalue weighted by Crippen LogP contribution is 2.18. The molecule has 1 unspecified atom stereocenters. The van der Waals surface area contributed by atoms with E-state index in [-0.39, 0.29) is 12.1 Å². The second-order valence-corrected chi connectivity index (χ2v) is 5.97. The molecule has 0 radical (unpaired) electrons. The lowest BCUT2D eigenvalue weighted by atomic mass is 10.1. The number of amides is 2. The van der Waals surface area contributed by atoms with Gasteiger partial charge in [-0.15, -0.1) is 0 Å². The molecule has 0 aromatic heterocycles. The maximum Gasteiger partial charge on any atom is 0.318 e. The molecule has 0 saturated carbocycles. The SMILES string of the molecule is CC1CN(c2ccccc2)CCN1C(=O)NCc1ccccc1. The molecule has 23 heavy (non-hydrogen) atoms. The molecule has 2 aromatic rings. The number of nitrogens with one attached hydrogen (secondary N) is 1. The van der Waals surface area contributed by atoms with Crippen LogP contribution in [0.15, 0.2) is 60.7 Å². The van der Waals surface area contributed by atoms with Crippen LogP contribution in [0.25, 0.3) is 0 Å². The van der Waals surface area contributed by atoms with Crippen molar-refractivity contribution in [1.29, 1.82) is 0 Å². The lowest BCUT2D eigenvalue weighted by molar-refractivity contribution is 0.171. The Morgan fingerprint density at radius 1 is 1.04 bits per heavy atom. The minimum atomic E-state index is 0.0223. The molecule has 3 rings (SSSR count). The number of nitrogens with zero attached hydrogens (tertiary/aromatic N) is 2. The Bertz CT molecular complexity index is 630. The Morgan fingerprint density at radius 3 is 2.35 bits per heavy atom. The van der Waals surface area contributed by atoms with Gasteiger partial charge in [0.1, 0.15) is 0 Å². The third-order valence-corrected chi connectivity index (χ3v) is 4.30. The molecule has 1 heterocycles. The predicted molar refractivity (Wildman–Crippen MR) is 93.5 cm³/mol. The fraction of sp³-hybridized carbons (Fsp3) is 0.316. The zero-order valence-electron chi connectivity index (χ0n) is 13.5. The number of piperazine rings is 1. The molecule has 1 saturated heterocycles. The summed E-state index contributed by atoms with van der Waals surface area (Å²) in [5.74, 6) is 0. The van der Waals surface area contributed by atoms with E-state index in [4.69, 9.17) is 0 Å². The van der Waals surface area contributed by atoms with Crippen molar-refractivity contribution in [1.82, 2.24) is 10.2 Å². The maximum atomic E-state index is 12.4. The highest BCUT2D eigenvalue weighted by molar-refractivity contribution is 5.75. The quantitative estimate of drug-likeness (QED) is 0.945. The van der Waals surface area contributed by atoms with Crippen molar-refractivity contribution in [3.63, 3.8) is 0 Å². The van der Waals surface area contributed by atoms with E-state index >= 15 is 0 Å². The molecule has 2 amide bonds. The van der Waals surface area contributed by atoms with Crippen LogP contribution in [0.3, 0.4) is 0 Å². The van der Waals surface area contributed by atoms with Crippen molar-refractivity contribution < 1.29 is 4.79 Å². The van der Waals surface area contributed by atoms with E-state index in [1.165, 1.54) is 5.69 Å². The first-order valence-electron chi connectivity index (χ1n) is 8.12. The molecule has 4 nitrogen and oxygen atoms in total. The van der Waals surface area contributed by atoms with E-state index < -0.39 is 0 Å². The average Bonchev–Trinajstić information content (AvgIpc) is 2.61. The van der Waals surface area contributed by atoms with Crippen LogP contribution >= 0.6 is 0 Å². The number of urea groups is 1. The molecule has 2 aromatic carbocycles. The van der Waals surface area contributed by atoms with Gasteiger partial charge in [-0.2, -0.15) is 0 Å². The molecular formula is C19H23N3O. The van der Waals surface area contributed by atoms with Crippen molar-refractivity contribution in [3.05, 3.63) is 66.2 Å². The van der Waals surface area contributed by atoms with Crippen molar-refractivity contribution in [2.75, 3.05) is 24.5 Å². The number of para-hydroxylation sites is 1. The summed E-state index contributed by atoms with van der Waals surface area (Å²) >= 11 is 0. The summed E-state index contributed by atoms with van der Waals surface area (Å²) in [6.45, 7) is 5.16. The van der Waals surface area contributed by atoms with Gasteiger partial charge < -0.3 is 15.1 Å². The van der Waals surface area contributed by atoms with Gasteiger partial charge in [0.25, 0.3) is 0 Å². The molecule has 1 atom stereocenters. The summed E-state index contributed by atoms with van der Waals surface area (Å²) in [6.07, 6.45) is 0. The van der Waals surface area contributed by atoms with E-state index in [9.17, 15) is 4.79 Å². The Morgan fingerprint density at radius 2 is 1.70 bits per heavy atom. The van der Waals surface area contributed by atoms with Crippen molar-refractivity contribution in [3.8, 4) is 0 Å². The first-order chi connectivity index (χ1) is 11.2. The van der Waals surface area contributed by atoms with Crippen molar-refractivity contribution in [2.45, 2.75) is 19.5 Å². The van der Waals surface area contributed by atoms with Gasteiger partial charge in [0.05, 0.1) is 0 Å². The standard InChI is InChI=1S/C19H23N3O/c1-16-15-21(18-10-6-3-7-11-18)12-13-22(16)19(23)20-14-17-8-4-2-5-9-17/h2-11,16H,12-15H2,1H3,(H,20,23). The summed E-state index contributed by atoms with van der Waals surface area (Å²) in [5, 5.41) is 3.02. The van der Waals surface area contributed by atoms with Crippen LogP contribution in [0, 0.1) is 0 Å². The topological polar surface area (TPSA) is 35.6 Å². The fourth-order valence-corrected chi connectivity index (χ4v) is 3.01. The Balaban J connectivity index is 1.54. The number of carbonyl (C=O) groups excluding carboxylic acids is 1. The third-order valence-electron chi connectivity index (χ3n) is 4.30. The van der Waals surface area contributed by atoms with Gasteiger partial charge in [-0.1, -0.05) is 48.5 Å². The maximum absolute atomic E-state index is 12.4. The number of anilines is 1. The second-order valence-electron chi connectivity index (χ2n) is 5.97. The van der Waals surface area contributed by atoms with Crippen LogP contribution in [0.4, 0.5) is 10.5 Å². The molecule has 1 aliphatic heterocycles. The summed E-state index contributed by atoms with van der Waals surface area (Å²) in [5.41, 5.74) is 2.35. The van der Waals surface area contributed by atoms with Crippen molar-refractivity contribution >= 4 is 11.7 Å². The first-order valence-corrected chi connectivity index (χ1v) is 8.12.